The summed E-state index contributed by atoms with van der Waals surface area (Å²) in [5.41, 5.74) is 0.827. The van der Waals surface area contributed by atoms with Gasteiger partial charge in [0.25, 0.3) is 0 Å². The third kappa shape index (κ3) is 2.08. The summed E-state index contributed by atoms with van der Waals surface area (Å²) >= 11 is 0. The van der Waals surface area contributed by atoms with Crippen molar-refractivity contribution in [2.24, 2.45) is 22.8 Å². The molecule has 0 aromatic rings. The van der Waals surface area contributed by atoms with Gasteiger partial charge in [0.15, 0.2) is 0 Å². The third-order valence-electron chi connectivity index (χ3n) is 2.28. The van der Waals surface area contributed by atoms with Gasteiger partial charge in [0, 0.05) is 0 Å². The van der Waals surface area contributed by atoms with Crippen LogP contribution < -0.4 is 5.84 Å². The van der Waals surface area contributed by atoms with Crippen molar-refractivity contribution in [3.63, 3.8) is 0 Å². The van der Waals surface area contributed by atoms with Crippen LogP contribution in [-0.4, -0.2) is 18.8 Å². The Bertz CT molecular complexity index is 258. The molecular formula is C9H14N2O2. The zero-order chi connectivity index (χ0) is 9.84. The fourth-order valence-electron chi connectivity index (χ4n) is 1.47. The standard InChI is InChI=1S/C9H14N2O2/c1-6-5-7(11-10)3-4-8(6)9(12)13-2/h3-4,6,8H,5,10H2,1-2H3/b11-7+. The molecule has 0 aromatic carbocycles. The molecule has 0 fully saturated rings. The fraction of sp³-hybridized carbons (Fsp3) is 0.556. The van der Waals surface area contributed by atoms with Gasteiger partial charge in [-0.3, -0.25) is 4.79 Å². The van der Waals surface area contributed by atoms with Crippen LogP contribution in [0.2, 0.25) is 0 Å². The predicted octanol–water partition coefficient (Wildman–Crippen LogP) is 0.686. The van der Waals surface area contributed by atoms with E-state index >= 15 is 0 Å². The van der Waals surface area contributed by atoms with E-state index < -0.39 is 0 Å². The fourth-order valence-corrected chi connectivity index (χ4v) is 1.47. The monoisotopic (exact) mass is 182 g/mol. The van der Waals surface area contributed by atoms with Gasteiger partial charge in [-0.25, -0.2) is 0 Å². The van der Waals surface area contributed by atoms with Crippen LogP contribution in [0.25, 0.3) is 0 Å². The molecule has 2 unspecified atom stereocenters. The molecule has 0 saturated carbocycles. The molecule has 0 aliphatic heterocycles. The second kappa shape index (κ2) is 4.07. The molecule has 0 saturated heterocycles. The van der Waals surface area contributed by atoms with Gasteiger partial charge in [0.05, 0.1) is 18.7 Å². The molecule has 13 heavy (non-hydrogen) atoms. The Morgan fingerprint density at radius 1 is 1.77 bits per heavy atom. The van der Waals surface area contributed by atoms with Crippen molar-refractivity contribution in [1.29, 1.82) is 0 Å². The Morgan fingerprint density at radius 2 is 2.46 bits per heavy atom. The van der Waals surface area contributed by atoms with Crippen molar-refractivity contribution in [3.05, 3.63) is 12.2 Å². The first-order chi connectivity index (χ1) is 6.19. The molecule has 0 aromatic heterocycles. The first-order valence-corrected chi connectivity index (χ1v) is 4.21. The number of carbonyl (C=O) groups excluding carboxylic acids is 1. The average molecular weight is 182 g/mol. The SMILES string of the molecule is COC(=O)C1C=C/C(=N\N)CC1C. The number of hydrogen-bond acceptors (Lipinski definition) is 4. The highest BCUT2D eigenvalue weighted by Gasteiger charge is 2.27. The minimum Gasteiger partial charge on any atom is -0.469 e. The summed E-state index contributed by atoms with van der Waals surface area (Å²) in [7, 11) is 1.40. The number of nitrogens with zero attached hydrogens (tertiary/aromatic N) is 1. The molecule has 0 spiro atoms. The molecule has 1 aliphatic carbocycles. The van der Waals surface area contributed by atoms with Crippen LogP contribution in [0.15, 0.2) is 17.3 Å². The summed E-state index contributed by atoms with van der Waals surface area (Å²) in [6.07, 6.45) is 4.31. The summed E-state index contributed by atoms with van der Waals surface area (Å²) in [5, 5.41) is 3.60. The number of allylic oxidation sites excluding steroid dienone is 1. The summed E-state index contributed by atoms with van der Waals surface area (Å²) in [5.74, 6) is 5.00. The number of esters is 1. The Morgan fingerprint density at radius 3 is 2.92 bits per heavy atom. The number of hydrazone groups is 1. The molecule has 0 amide bonds. The van der Waals surface area contributed by atoms with Crippen molar-refractivity contribution in [1.82, 2.24) is 0 Å². The molecule has 4 heteroatoms. The van der Waals surface area contributed by atoms with Crippen LogP contribution in [0.1, 0.15) is 13.3 Å². The number of rotatable bonds is 1. The largest absolute Gasteiger partial charge is 0.469 e. The average Bonchev–Trinajstić information content (AvgIpc) is 2.16. The zero-order valence-corrected chi connectivity index (χ0v) is 7.86. The molecule has 72 valence electrons. The van der Waals surface area contributed by atoms with E-state index in [9.17, 15) is 4.79 Å². The highest BCUT2D eigenvalue weighted by Crippen LogP contribution is 2.23. The van der Waals surface area contributed by atoms with Crippen molar-refractivity contribution in [3.8, 4) is 0 Å². The number of carbonyl (C=O) groups is 1. The van der Waals surface area contributed by atoms with E-state index in [-0.39, 0.29) is 17.8 Å². The number of ether oxygens (including phenoxy) is 1. The molecular weight excluding hydrogens is 168 g/mol. The first-order valence-electron chi connectivity index (χ1n) is 4.21. The van der Waals surface area contributed by atoms with Crippen LogP contribution in [0.4, 0.5) is 0 Å². The van der Waals surface area contributed by atoms with Gasteiger partial charge in [-0.1, -0.05) is 13.0 Å². The van der Waals surface area contributed by atoms with Gasteiger partial charge in [-0.15, -0.1) is 0 Å². The molecule has 0 radical (unpaired) electrons. The Balaban J connectivity index is 2.75. The van der Waals surface area contributed by atoms with Gasteiger partial charge >= 0.3 is 5.97 Å². The van der Waals surface area contributed by atoms with E-state index in [4.69, 9.17) is 5.84 Å². The minimum atomic E-state index is -0.195. The van der Waals surface area contributed by atoms with Crippen molar-refractivity contribution in [2.75, 3.05) is 7.11 Å². The van der Waals surface area contributed by atoms with Crippen LogP contribution in [-0.2, 0) is 9.53 Å². The van der Waals surface area contributed by atoms with Crippen LogP contribution in [0.5, 0.6) is 0 Å². The molecule has 1 rings (SSSR count). The minimum absolute atomic E-state index is 0.157. The molecule has 0 heterocycles. The van der Waals surface area contributed by atoms with Gasteiger partial charge in [0.2, 0.25) is 0 Å². The molecule has 0 bridgehead atoms. The lowest BCUT2D eigenvalue weighted by atomic mass is 9.84. The Labute approximate surface area is 77.4 Å². The van der Waals surface area contributed by atoms with Crippen molar-refractivity contribution < 1.29 is 9.53 Å². The maximum atomic E-state index is 11.2. The maximum absolute atomic E-state index is 11.2. The summed E-state index contributed by atoms with van der Waals surface area (Å²) in [6.45, 7) is 1.98. The first kappa shape index (κ1) is 9.77. The second-order valence-corrected chi connectivity index (χ2v) is 3.21. The number of nitrogens with two attached hydrogens (primary N) is 1. The smallest absolute Gasteiger partial charge is 0.312 e. The predicted molar refractivity (Wildman–Crippen MR) is 50.0 cm³/mol. The normalized spacial score (nSPS) is 30.5. The second-order valence-electron chi connectivity index (χ2n) is 3.21. The van der Waals surface area contributed by atoms with Crippen LogP contribution in [0.3, 0.4) is 0 Å². The summed E-state index contributed by atoms with van der Waals surface area (Å²) in [4.78, 5) is 11.2. The van der Waals surface area contributed by atoms with Gasteiger partial charge in [0.1, 0.15) is 0 Å². The number of methoxy groups -OCH3 is 1. The summed E-state index contributed by atoms with van der Waals surface area (Å²) in [6, 6.07) is 0. The highest BCUT2D eigenvalue weighted by atomic mass is 16.5. The lowest BCUT2D eigenvalue weighted by Gasteiger charge is -2.22. The Hall–Kier alpha value is -1.32. The van der Waals surface area contributed by atoms with Gasteiger partial charge < -0.3 is 10.6 Å². The lowest BCUT2D eigenvalue weighted by molar-refractivity contribution is -0.145. The van der Waals surface area contributed by atoms with Crippen LogP contribution in [0, 0.1) is 11.8 Å². The van der Waals surface area contributed by atoms with E-state index in [1.165, 1.54) is 7.11 Å². The van der Waals surface area contributed by atoms with E-state index in [0.717, 1.165) is 12.1 Å². The Kier molecular flexibility index (Phi) is 3.06. The highest BCUT2D eigenvalue weighted by molar-refractivity contribution is 5.97. The van der Waals surface area contributed by atoms with Crippen molar-refractivity contribution in [2.45, 2.75) is 13.3 Å². The quantitative estimate of drug-likeness (QED) is 0.368. The van der Waals surface area contributed by atoms with E-state index in [0.29, 0.717) is 0 Å². The zero-order valence-electron chi connectivity index (χ0n) is 7.86. The molecule has 2 atom stereocenters. The van der Waals surface area contributed by atoms with Crippen molar-refractivity contribution >= 4 is 11.7 Å². The molecule has 4 nitrogen and oxygen atoms in total. The number of hydrogen-bond donors (Lipinski definition) is 1. The van der Waals surface area contributed by atoms with Gasteiger partial charge in [-0.05, 0) is 18.4 Å². The molecule has 2 N–H and O–H groups in total. The maximum Gasteiger partial charge on any atom is 0.312 e. The van der Waals surface area contributed by atoms with Crippen LogP contribution >= 0.6 is 0 Å². The van der Waals surface area contributed by atoms with E-state index in [1.807, 2.05) is 6.92 Å². The third-order valence-corrected chi connectivity index (χ3v) is 2.28. The molecule has 1 aliphatic rings. The van der Waals surface area contributed by atoms with E-state index in [1.54, 1.807) is 12.2 Å². The van der Waals surface area contributed by atoms with E-state index in [2.05, 4.69) is 9.84 Å². The van der Waals surface area contributed by atoms with Gasteiger partial charge in [-0.2, -0.15) is 5.10 Å². The summed E-state index contributed by atoms with van der Waals surface area (Å²) < 4.78 is 4.67. The lowest BCUT2D eigenvalue weighted by Crippen LogP contribution is -2.26. The topological polar surface area (TPSA) is 64.7 Å².